The summed E-state index contributed by atoms with van der Waals surface area (Å²) in [5, 5.41) is 16.5. The number of nitrogens with zero attached hydrogens (tertiary/aromatic N) is 4. The van der Waals surface area contributed by atoms with E-state index in [0.29, 0.717) is 37.4 Å². The third-order valence-electron chi connectivity index (χ3n) is 3.43. The van der Waals surface area contributed by atoms with Crippen LogP contribution in [-0.2, 0) is 16.6 Å². The summed E-state index contributed by atoms with van der Waals surface area (Å²) in [5.74, 6) is -0.400. The Morgan fingerprint density at radius 3 is 2.88 bits per heavy atom. The number of hydrogen-bond acceptors (Lipinski definition) is 5. The highest BCUT2D eigenvalue weighted by molar-refractivity contribution is 6.02. The van der Waals surface area contributed by atoms with Crippen molar-refractivity contribution in [1.82, 2.24) is 20.1 Å². The maximum atomic E-state index is 12.2. The first-order valence-electron chi connectivity index (χ1n) is 8.07. The molecule has 0 aliphatic carbocycles. The van der Waals surface area contributed by atoms with E-state index < -0.39 is 5.91 Å². The molecule has 7 nitrogen and oxygen atoms in total. The second kappa shape index (κ2) is 9.35. The van der Waals surface area contributed by atoms with E-state index >= 15 is 0 Å². The van der Waals surface area contributed by atoms with Crippen molar-refractivity contribution in [3.05, 3.63) is 41.9 Å². The molecule has 0 radical (unpaired) electrons. The van der Waals surface area contributed by atoms with Gasteiger partial charge in [-0.1, -0.05) is 0 Å². The van der Waals surface area contributed by atoms with E-state index in [-0.39, 0.29) is 5.57 Å². The number of carbonyl (C=O) groups is 1. The van der Waals surface area contributed by atoms with Crippen molar-refractivity contribution in [3.63, 3.8) is 0 Å². The lowest BCUT2D eigenvalue weighted by Crippen LogP contribution is -2.26. The van der Waals surface area contributed by atoms with Crippen LogP contribution in [0, 0.1) is 11.3 Å². The first-order valence-corrected chi connectivity index (χ1v) is 8.07. The van der Waals surface area contributed by atoms with Crippen molar-refractivity contribution in [2.24, 2.45) is 7.05 Å². The molecule has 0 fully saturated rings. The van der Waals surface area contributed by atoms with Crippen LogP contribution < -0.4 is 5.32 Å². The van der Waals surface area contributed by atoms with Gasteiger partial charge in [0.25, 0.3) is 5.91 Å². The molecule has 130 valence electrons. The average Bonchev–Trinajstić information content (AvgIpc) is 3.00. The van der Waals surface area contributed by atoms with Gasteiger partial charge in [0.2, 0.25) is 0 Å². The van der Waals surface area contributed by atoms with Gasteiger partial charge in [0, 0.05) is 56.5 Å². The zero-order chi connectivity index (χ0) is 18.1. The van der Waals surface area contributed by atoms with Crippen LogP contribution in [0.15, 0.2) is 36.3 Å². The van der Waals surface area contributed by atoms with Crippen LogP contribution >= 0.6 is 0 Å². The zero-order valence-electron chi connectivity index (χ0n) is 14.4. The van der Waals surface area contributed by atoms with Crippen LogP contribution in [0.3, 0.4) is 0 Å². The molecule has 0 aliphatic rings. The monoisotopic (exact) mass is 339 g/mol. The van der Waals surface area contributed by atoms with Crippen LogP contribution in [0.1, 0.15) is 18.9 Å². The summed E-state index contributed by atoms with van der Waals surface area (Å²) in [5.41, 5.74) is 2.31. The summed E-state index contributed by atoms with van der Waals surface area (Å²) in [4.78, 5) is 16.2. The fourth-order valence-corrected chi connectivity index (χ4v) is 2.27. The molecule has 25 heavy (non-hydrogen) atoms. The van der Waals surface area contributed by atoms with E-state index in [4.69, 9.17) is 4.74 Å². The van der Waals surface area contributed by atoms with E-state index in [1.54, 1.807) is 36.4 Å². The summed E-state index contributed by atoms with van der Waals surface area (Å²) < 4.78 is 6.87. The Balaban J connectivity index is 2.14. The highest BCUT2D eigenvalue weighted by atomic mass is 16.5. The number of rotatable bonds is 8. The van der Waals surface area contributed by atoms with Gasteiger partial charge in [-0.3, -0.25) is 14.5 Å². The van der Waals surface area contributed by atoms with Gasteiger partial charge in [-0.05, 0) is 31.6 Å². The quantitative estimate of drug-likeness (QED) is 0.451. The summed E-state index contributed by atoms with van der Waals surface area (Å²) >= 11 is 0. The van der Waals surface area contributed by atoms with Crippen LogP contribution in [-0.4, -0.2) is 40.4 Å². The molecular weight excluding hydrogens is 318 g/mol. The van der Waals surface area contributed by atoms with Crippen LogP contribution in [0.5, 0.6) is 0 Å². The van der Waals surface area contributed by atoms with Crippen LogP contribution in [0.2, 0.25) is 0 Å². The number of carbonyl (C=O) groups excluding carboxylic acids is 1. The average molecular weight is 339 g/mol. The van der Waals surface area contributed by atoms with Crippen LogP contribution in [0.4, 0.5) is 0 Å². The van der Waals surface area contributed by atoms with E-state index in [2.05, 4.69) is 15.4 Å². The normalized spacial score (nSPS) is 11.2. The lowest BCUT2D eigenvalue weighted by molar-refractivity contribution is -0.117. The number of hydrogen-bond donors (Lipinski definition) is 1. The third kappa shape index (κ3) is 5.26. The number of ether oxygens (including phenoxy) is 1. The van der Waals surface area contributed by atoms with Gasteiger partial charge in [0.15, 0.2) is 0 Å². The molecule has 7 heteroatoms. The first kappa shape index (κ1) is 18.4. The maximum absolute atomic E-state index is 12.2. The molecule has 2 aromatic heterocycles. The number of pyridine rings is 1. The molecule has 0 aromatic carbocycles. The number of amides is 1. The lowest BCUT2D eigenvalue weighted by atomic mass is 10.1. The van der Waals surface area contributed by atoms with Crippen molar-refractivity contribution in [2.75, 3.05) is 19.8 Å². The van der Waals surface area contributed by atoms with Gasteiger partial charge >= 0.3 is 0 Å². The number of nitriles is 1. The third-order valence-corrected chi connectivity index (χ3v) is 3.43. The lowest BCUT2D eigenvalue weighted by Gasteiger charge is -2.04. The molecule has 2 rings (SSSR count). The van der Waals surface area contributed by atoms with Gasteiger partial charge in [0.1, 0.15) is 11.6 Å². The van der Waals surface area contributed by atoms with Gasteiger partial charge in [-0.25, -0.2) is 0 Å². The molecule has 2 aromatic rings. The summed E-state index contributed by atoms with van der Waals surface area (Å²) in [6, 6.07) is 5.62. The summed E-state index contributed by atoms with van der Waals surface area (Å²) in [6.45, 7) is 3.61. The van der Waals surface area contributed by atoms with E-state index in [9.17, 15) is 10.1 Å². The molecule has 0 spiro atoms. The minimum absolute atomic E-state index is 0.0414. The smallest absolute Gasteiger partial charge is 0.261 e. The molecule has 2 heterocycles. The molecular formula is C18H21N5O2. The standard InChI is InChI=1S/C18H21N5O2/c1-3-25-10-4-7-21-18(24)15(12-19)11-16-13-23(2)22-17(16)14-5-8-20-9-6-14/h5-6,8-9,11,13H,3-4,7,10H2,1-2H3,(H,21,24). The predicted octanol–water partition coefficient (Wildman–Crippen LogP) is 1.93. The Bertz CT molecular complexity index is 775. The minimum atomic E-state index is -0.400. The summed E-state index contributed by atoms with van der Waals surface area (Å²) in [7, 11) is 1.79. The number of nitrogens with one attached hydrogen (secondary N) is 1. The molecule has 1 N–H and O–H groups in total. The van der Waals surface area contributed by atoms with Crippen molar-refractivity contribution in [1.29, 1.82) is 5.26 Å². The molecule has 0 atom stereocenters. The van der Waals surface area contributed by atoms with Crippen molar-refractivity contribution < 1.29 is 9.53 Å². The second-order valence-corrected chi connectivity index (χ2v) is 5.32. The number of aryl methyl sites for hydroxylation is 1. The zero-order valence-corrected chi connectivity index (χ0v) is 14.4. The number of aromatic nitrogens is 3. The van der Waals surface area contributed by atoms with Gasteiger partial charge in [0.05, 0.1) is 5.69 Å². The largest absolute Gasteiger partial charge is 0.382 e. The highest BCUT2D eigenvalue weighted by Gasteiger charge is 2.13. The second-order valence-electron chi connectivity index (χ2n) is 5.32. The molecule has 0 saturated heterocycles. The van der Waals surface area contributed by atoms with Gasteiger partial charge in [-0.2, -0.15) is 10.4 Å². The van der Waals surface area contributed by atoms with Crippen LogP contribution in [0.25, 0.3) is 17.3 Å². The Morgan fingerprint density at radius 2 is 2.20 bits per heavy atom. The fraction of sp³-hybridized carbons (Fsp3) is 0.333. The van der Waals surface area contributed by atoms with Crippen molar-refractivity contribution in [2.45, 2.75) is 13.3 Å². The Hall–Kier alpha value is -2.98. The Kier molecular flexibility index (Phi) is 6.87. The molecule has 0 saturated carbocycles. The molecule has 0 aliphatic heterocycles. The molecule has 1 amide bonds. The van der Waals surface area contributed by atoms with Gasteiger partial charge < -0.3 is 10.1 Å². The van der Waals surface area contributed by atoms with E-state index in [1.165, 1.54) is 0 Å². The van der Waals surface area contributed by atoms with Gasteiger partial charge in [-0.15, -0.1) is 0 Å². The topological polar surface area (TPSA) is 92.8 Å². The SMILES string of the molecule is CCOCCCNC(=O)C(C#N)=Cc1cn(C)nc1-c1ccncc1. The van der Waals surface area contributed by atoms with Crippen molar-refractivity contribution in [3.8, 4) is 17.3 Å². The molecule has 0 bridgehead atoms. The Labute approximate surface area is 146 Å². The van der Waals surface area contributed by atoms with E-state index in [0.717, 1.165) is 5.56 Å². The first-order chi connectivity index (χ1) is 12.2. The summed E-state index contributed by atoms with van der Waals surface area (Å²) in [6.07, 6.45) is 7.38. The van der Waals surface area contributed by atoms with E-state index in [1.807, 2.05) is 25.1 Å². The highest BCUT2D eigenvalue weighted by Crippen LogP contribution is 2.23. The fourth-order valence-electron chi connectivity index (χ4n) is 2.27. The van der Waals surface area contributed by atoms with Crippen molar-refractivity contribution >= 4 is 12.0 Å². The molecule has 0 unspecified atom stereocenters. The maximum Gasteiger partial charge on any atom is 0.261 e. The predicted molar refractivity (Wildman–Crippen MR) is 94.1 cm³/mol. The minimum Gasteiger partial charge on any atom is -0.382 e. The Morgan fingerprint density at radius 1 is 1.44 bits per heavy atom.